The SMILES string of the molecule is NCCC1CN(Cc2ccccc2)CC(=O)N1. The van der Waals surface area contributed by atoms with E-state index in [1.54, 1.807) is 0 Å². The number of nitrogens with zero attached hydrogens (tertiary/aromatic N) is 1. The second-order valence-electron chi connectivity index (χ2n) is 4.50. The van der Waals surface area contributed by atoms with Crippen molar-refractivity contribution in [1.29, 1.82) is 0 Å². The first-order chi connectivity index (χ1) is 8.28. The fraction of sp³-hybridized carbons (Fsp3) is 0.462. The van der Waals surface area contributed by atoms with Crippen molar-refractivity contribution >= 4 is 5.91 Å². The van der Waals surface area contributed by atoms with E-state index in [4.69, 9.17) is 5.73 Å². The van der Waals surface area contributed by atoms with Crippen LogP contribution in [0.25, 0.3) is 0 Å². The Morgan fingerprint density at radius 1 is 1.35 bits per heavy atom. The lowest BCUT2D eigenvalue weighted by Gasteiger charge is -2.32. The van der Waals surface area contributed by atoms with Gasteiger partial charge in [0.1, 0.15) is 0 Å². The molecule has 2 rings (SSSR count). The summed E-state index contributed by atoms with van der Waals surface area (Å²) < 4.78 is 0. The highest BCUT2D eigenvalue weighted by atomic mass is 16.2. The van der Waals surface area contributed by atoms with Gasteiger partial charge in [-0.05, 0) is 18.5 Å². The summed E-state index contributed by atoms with van der Waals surface area (Å²) in [5.74, 6) is 0.102. The first kappa shape index (κ1) is 12.1. The third-order valence-electron chi connectivity index (χ3n) is 2.98. The molecule has 1 aliphatic rings. The number of benzene rings is 1. The van der Waals surface area contributed by atoms with Crippen LogP contribution < -0.4 is 11.1 Å². The number of hydrogen-bond donors (Lipinski definition) is 2. The van der Waals surface area contributed by atoms with Crippen LogP contribution in [-0.2, 0) is 11.3 Å². The van der Waals surface area contributed by atoms with E-state index in [1.807, 2.05) is 18.2 Å². The lowest BCUT2D eigenvalue weighted by atomic mass is 10.1. The van der Waals surface area contributed by atoms with Crippen LogP contribution in [0.5, 0.6) is 0 Å². The molecule has 0 radical (unpaired) electrons. The molecule has 3 N–H and O–H groups in total. The highest BCUT2D eigenvalue weighted by molar-refractivity contribution is 5.79. The molecule has 1 amide bonds. The molecule has 17 heavy (non-hydrogen) atoms. The molecular formula is C13H19N3O. The van der Waals surface area contributed by atoms with E-state index < -0.39 is 0 Å². The lowest BCUT2D eigenvalue weighted by Crippen LogP contribution is -2.54. The van der Waals surface area contributed by atoms with E-state index in [9.17, 15) is 4.79 Å². The second kappa shape index (κ2) is 5.80. The number of hydrogen-bond acceptors (Lipinski definition) is 3. The fourth-order valence-corrected chi connectivity index (χ4v) is 2.22. The molecular weight excluding hydrogens is 214 g/mol. The van der Waals surface area contributed by atoms with Crippen LogP contribution in [-0.4, -0.2) is 36.5 Å². The highest BCUT2D eigenvalue weighted by Crippen LogP contribution is 2.09. The van der Waals surface area contributed by atoms with Gasteiger partial charge >= 0.3 is 0 Å². The quantitative estimate of drug-likeness (QED) is 0.788. The van der Waals surface area contributed by atoms with E-state index in [-0.39, 0.29) is 11.9 Å². The maximum Gasteiger partial charge on any atom is 0.234 e. The van der Waals surface area contributed by atoms with Crippen LogP contribution >= 0.6 is 0 Å². The van der Waals surface area contributed by atoms with Crippen LogP contribution in [0.4, 0.5) is 0 Å². The number of carbonyl (C=O) groups is 1. The van der Waals surface area contributed by atoms with Gasteiger partial charge in [-0.3, -0.25) is 9.69 Å². The zero-order valence-electron chi connectivity index (χ0n) is 9.93. The number of piperazine rings is 1. The van der Waals surface area contributed by atoms with Gasteiger partial charge in [-0.25, -0.2) is 0 Å². The summed E-state index contributed by atoms with van der Waals surface area (Å²) in [4.78, 5) is 13.7. The molecule has 0 spiro atoms. The minimum absolute atomic E-state index is 0.102. The van der Waals surface area contributed by atoms with E-state index >= 15 is 0 Å². The van der Waals surface area contributed by atoms with Crippen molar-refractivity contribution in [3.8, 4) is 0 Å². The van der Waals surface area contributed by atoms with Crippen molar-refractivity contribution in [3.63, 3.8) is 0 Å². The largest absolute Gasteiger partial charge is 0.351 e. The molecule has 1 aromatic rings. The highest BCUT2D eigenvalue weighted by Gasteiger charge is 2.23. The van der Waals surface area contributed by atoms with Crippen LogP contribution in [0, 0.1) is 0 Å². The van der Waals surface area contributed by atoms with Crippen molar-refractivity contribution < 1.29 is 4.79 Å². The van der Waals surface area contributed by atoms with Crippen molar-refractivity contribution in [3.05, 3.63) is 35.9 Å². The van der Waals surface area contributed by atoms with Gasteiger partial charge < -0.3 is 11.1 Å². The third kappa shape index (κ3) is 3.54. The van der Waals surface area contributed by atoms with Crippen LogP contribution in [0.3, 0.4) is 0 Å². The van der Waals surface area contributed by atoms with Gasteiger partial charge in [-0.1, -0.05) is 30.3 Å². The third-order valence-corrected chi connectivity index (χ3v) is 2.98. The Bertz CT molecular complexity index is 366. The summed E-state index contributed by atoms with van der Waals surface area (Å²) in [6.45, 7) is 2.81. The molecule has 4 heteroatoms. The predicted octanol–water partition coefficient (Wildman–Crippen LogP) is 0.336. The van der Waals surface area contributed by atoms with Gasteiger partial charge in [0.05, 0.1) is 6.54 Å². The molecule has 0 bridgehead atoms. The Morgan fingerprint density at radius 3 is 2.82 bits per heavy atom. The molecule has 1 aromatic carbocycles. The summed E-state index contributed by atoms with van der Waals surface area (Å²) in [6.07, 6.45) is 0.844. The maximum absolute atomic E-state index is 11.6. The Labute approximate surface area is 102 Å². The summed E-state index contributed by atoms with van der Waals surface area (Å²) in [5.41, 5.74) is 6.78. The maximum atomic E-state index is 11.6. The molecule has 1 heterocycles. The molecule has 1 atom stereocenters. The summed E-state index contributed by atoms with van der Waals surface area (Å²) in [6, 6.07) is 10.4. The number of nitrogens with two attached hydrogens (primary N) is 1. The predicted molar refractivity (Wildman–Crippen MR) is 67.3 cm³/mol. The topological polar surface area (TPSA) is 58.4 Å². The molecule has 4 nitrogen and oxygen atoms in total. The summed E-state index contributed by atoms with van der Waals surface area (Å²) in [5, 5.41) is 2.97. The molecule has 1 fully saturated rings. The van der Waals surface area contributed by atoms with Crippen molar-refractivity contribution in [1.82, 2.24) is 10.2 Å². The Kier molecular flexibility index (Phi) is 4.12. The minimum atomic E-state index is 0.102. The monoisotopic (exact) mass is 233 g/mol. The molecule has 92 valence electrons. The number of carbonyl (C=O) groups excluding carboxylic acids is 1. The van der Waals surface area contributed by atoms with Crippen LogP contribution in [0.15, 0.2) is 30.3 Å². The van der Waals surface area contributed by atoms with Crippen LogP contribution in [0.2, 0.25) is 0 Å². The Balaban J connectivity index is 1.94. The van der Waals surface area contributed by atoms with Gasteiger partial charge in [0.15, 0.2) is 0 Å². The van der Waals surface area contributed by atoms with E-state index in [1.165, 1.54) is 5.56 Å². The van der Waals surface area contributed by atoms with Gasteiger partial charge in [0.2, 0.25) is 5.91 Å². The normalized spacial score (nSPS) is 21.2. The standard InChI is InChI=1S/C13H19N3O/c14-7-6-12-9-16(10-13(17)15-12)8-11-4-2-1-3-5-11/h1-5,12H,6-10,14H2,(H,15,17). The molecule has 1 saturated heterocycles. The van der Waals surface area contributed by atoms with E-state index in [0.717, 1.165) is 19.5 Å². The lowest BCUT2D eigenvalue weighted by molar-refractivity contribution is -0.125. The molecule has 0 saturated carbocycles. The van der Waals surface area contributed by atoms with Gasteiger partial charge in [-0.2, -0.15) is 0 Å². The van der Waals surface area contributed by atoms with Crippen molar-refractivity contribution in [2.45, 2.75) is 19.0 Å². The first-order valence-electron chi connectivity index (χ1n) is 6.03. The van der Waals surface area contributed by atoms with Gasteiger partial charge in [-0.15, -0.1) is 0 Å². The number of nitrogens with one attached hydrogen (secondary N) is 1. The average Bonchev–Trinajstić information content (AvgIpc) is 2.30. The average molecular weight is 233 g/mol. The first-order valence-corrected chi connectivity index (χ1v) is 6.03. The van der Waals surface area contributed by atoms with E-state index in [0.29, 0.717) is 13.1 Å². The minimum Gasteiger partial charge on any atom is -0.351 e. The molecule has 1 aliphatic heterocycles. The fourth-order valence-electron chi connectivity index (χ4n) is 2.22. The Morgan fingerprint density at radius 2 is 2.12 bits per heavy atom. The Hall–Kier alpha value is -1.39. The smallest absolute Gasteiger partial charge is 0.234 e. The van der Waals surface area contributed by atoms with E-state index in [2.05, 4.69) is 22.3 Å². The summed E-state index contributed by atoms with van der Waals surface area (Å²) in [7, 11) is 0. The second-order valence-corrected chi connectivity index (χ2v) is 4.50. The van der Waals surface area contributed by atoms with Crippen molar-refractivity contribution in [2.24, 2.45) is 5.73 Å². The molecule has 1 unspecified atom stereocenters. The zero-order chi connectivity index (χ0) is 12.1. The zero-order valence-corrected chi connectivity index (χ0v) is 9.93. The number of amides is 1. The number of rotatable bonds is 4. The summed E-state index contributed by atoms with van der Waals surface area (Å²) >= 11 is 0. The molecule has 0 aromatic heterocycles. The van der Waals surface area contributed by atoms with Gasteiger partial charge in [0, 0.05) is 19.1 Å². The van der Waals surface area contributed by atoms with Crippen molar-refractivity contribution in [2.75, 3.05) is 19.6 Å². The van der Waals surface area contributed by atoms with Gasteiger partial charge in [0.25, 0.3) is 0 Å². The molecule has 0 aliphatic carbocycles. The van der Waals surface area contributed by atoms with Crippen LogP contribution in [0.1, 0.15) is 12.0 Å².